The number of non-ortho nitro benzene ring substituents is 2. The number of ether oxygens (including phenoxy) is 1. The Morgan fingerprint density at radius 3 is 2.00 bits per heavy atom. The zero-order valence-electron chi connectivity index (χ0n) is 10.1. The van der Waals surface area contributed by atoms with E-state index >= 15 is 0 Å². The van der Waals surface area contributed by atoms with Gasteiger partial charge in [-0.2, -0.15) is 0 Å². The SMILES string of the molecule is Nc1cc(Oc2ccc([N+](=O)[O-])cc2)cc([N+](=O)[O-])c1. The third-order valence-electron chi connectivity index (χ3n) is 2.41. The van der Waals surface area contributed by atoms with E-state index in [1.807, 2.05) is 0 Å². The van der Waals surface area contributed by atoms with Crippen LogP contribution >= 0.6 is 0 Å². The monoisotopic (exact) mass is 275 g/mol. The topological polar surface area (TPSA) is 122 Å². The van der Waals surface area contributed by atoms with E-state index in [4.69, 9.17) is 10.5 Å². The molecule has 8 heteroatoms. The molecule has 0 aliphatic rings. The Morgan fingerprint density at radius 1 is 0.850 bits per heavy atom. The minimum absolute atomic E-state index is 0.0732. The molecule has 2 rings (SSSR count). The largest absolute Gasteiger partial charge is 0.457 e. The number of nitrogen functional groups attached to an aromatic ring is 1. The standard InChI is InChI=1S/C12H9N3O5/c13-8-5-10(15(18)19)7-12(6-8)20-11-3-1-9(2-4-11)14(16)17/h1-7H,13H2. The summed E-state index contributed by atoms with van der Waals surface area (Å²) >= 11 is 0. The summed E-state index contributed by atoms with van der Waals surface area (Å²) in [5.41, 5.74) is 5.47. The van der Waals surface area contributed by atoms with Crippen molar-refractivity contribution in [1.29, 1.82) is 0 Å². The molecule has 0 spiro atoms. The second kappa shape index (κ2) is 5.22. The number of rotatable bonds is 4. The quantitative estimate of drug-likeness (QED) is 0.520. The minimum Gasteiger partial charge on any atom is -0.457 e. The molecule has 0 heterocycles. The van der Waals surface area contributed by atoms with Crippen molar-refractivity contribution in [2.24, 2.45) is 0 Å². The van der Waals surface area contributed by atoms with Crippen LogP contribution in [-0.4, -0.2) is 9.85 Å². The van der Waals surface area contributed by atoms with Gasteiger partial charge in [0.15, 0.2) is 0 Å². The van der Waals surface area contributed by atoms with Crippen LogP contribution in [0.2, 0.25) is 0 Å². The minimum atomic E-state index is -0.584. The predicted molar refractivity (Wildman–Crippen MR) is 70.7 cm³/mol. The van der Waals surface area contributed by atoms with Crippen LogP contribution in [0.3, 0.4) is 0 Å². The van der Waals surface area contributed by atoms with E-state index in [1.165, 1.54) is 42.5 Å². The average molecular weight is 275 g/mol. The van der Waals surface area contributed by atoms with E-state index < -0.39 is 9.85 Å². The third-order valence-corrected chi connectivity index (χ3v) is 2.41. The Balaban J connectivity index is 2.25. The third kappa shape index (κ3) is 2.99. The fraction of sp³-hybridized carbons (Fsp3) is 0. The molecular formula is C12H9N3O5. The number of nitro groups is 2. The molecule has 0 bridgehead atoms. The first-order chi connectivity index (χ1) is 9.45. The molecule has 2 N–H and O–H groups in total. The summed E-state index contributed by atoms with van der Waals surface area (Å²) in [5.74, 6) is 0.501. The van der Waals surface area contributed by atoms with Crippen molar-refractivity contribution in [1.82, 2.24) is 0 Å². The number of nitrogens with zero attached hydrogens (tertiary/aromatic N) is 2. The van der Waals surface area contributed by atoms with E-state index in [9.17, 15) is 20.2 Å². The van der Waals surface area contributed by atoms with E-state index in [0.29, 0.717) is 5.75 Å². The van der Waals surface area contributed by atoms with Gasteiger partial charge in [0.05, 0.1) is 15.9 Å². The van der Waals surface area contributed by atoms with Crippen LogP contribution < -0.4 is 10.5 Å². The highest BCUT2D eigenvalue weighted by molar-refractivity contribution is 5.54. The number of nitrogens with two attached hydrogens (primary N) is 1. The van der Waals surface area contributed by atoms with Crippen molar-refractivity contribution < 1.29 is 14.6 Å². The molecule has 0 aliphatic carbocycles. The van der Waals surface area contributed by atoms with Gasteiger partial charge in [-0.05, 0) is 12.1 Å². The molecule has 102 valence electrons. The van der Waals surface area contributed by atoms with Crippen LogP contribution in [0.25, 0.3) is 0 Å². The highest BCUT2D eigenvalue weighted by Gasteiger charge is 2.10. The van der Waals surface area contributed by atoms with Crippen molar-refractivity contribution in [3.05, 3.63) is 62.7 Å². The van der Waals surface area contributed by atoms with Crippen LogP contribution in [0.15, 0.2) is 42.5 Å². The molecular weight excluding hydrogens is 266 g/mol. The molecule has 8 nitrogen and oxygen atoms in total. The van der Waals surface area contributed by atoms with Crippen molar-refractivity contribution in [3.8, 4) is 11.5 Å². The lowest BCUT2D eigenvalue weighted by Gasteiger charge is -2.06. The number of hydrogen-bond donors (Lipinski definition) is 1. The summed E-state index contributed by atoms with van der Waals surface area (Å²) in [6.45, 7) is 0. The van der Waals surface area contributed by atoms with Crippen LogP contribution in [0.5, 0.6) is 11.5 Å². The summed E-state index contributed by atoms with van der Waals surface area (Å²) in [6, 6.07) is 9.20. The normalized spacial score (nSPS) is 10.0. The van der Waals surface area contributed by atoms with E-state index in [-0.39, 0.29) is 22.8 Å². The van der Waals surface area contributed by atoms with Crippen molar-refractivity contribution in [2.45, 2.75) is 0 Å². The summed E-state index contributed by atoms with van der Waals surface area (Å²) < 4.78 is 5.38. The zero-order valence-corrected chi connectivity index (χ0v) is 10.1. The number of nitro benzene ring substituents is 2. The molecule has 0 atom stereocenters. The smallest absolute Gasteiger partial charge is 0.275 e. The fourth-order valence-electron chi connectivity index (χ4n) is 1.54. The van der Waals surface area contributed by atoms with Crippen molar-refractivity contribution >= 4 is 17.1 Å². The Hall–Kier alpha value is -3.16. The van der Waals surface area contributed by atoms with E-state index in [2.05, 4.69) is 0 Å². The highest BCUT2D eigenvalue weighted by atomic mass is 16.6. The molecule has 0 radical (unpaired) electrons. The van der Waals surface area contributed by atoms with Crippen molar-refractivity contribution in [2.75, 3.05) is 5.73 Å². The maximum atomic E-state index is 10.7. The van der Waals surface area contributed by atoms with Crippen molar-refractivity contribution in [3.63, 3.8) is 0 Å². The Kier molecular flexibility index (Phi) is 3.47. The summed E-state index contributed by atoms with van der Waals surface area (Å²) in [6.07, 6.45) is 0. The molecule has 0 saturated heterocycles. The van der Waals surface area contributed by atoms with Gasteiger partial charge in [0, 0.05) is 30.0 Å². The van der Waals surface area contributed by atoms with Gasteiger partial charge in [-0.25, -0.2) is 0 Å². The van der Waals surface area contributed by atoms with Gasteiger partial charge in [-0.15, -0.1) is 0 Å². The van der Waals surface area contributed by atoms with Gasteiger partial charge in [-0.3, -0.25) is 20.2 Å². The van der Waals surface area contributed by atoms with Gasteiger partial charge in [-0.1, -0.05) is 0 Å². The Labute approximate surface area is 112 Å². The first kappa shape index (κ1) is 13.3. The average Bonchev–Trinajstić information content (AvgIpc) is 2.38. The molecule has 20 heavy (non-hydrogen) atoms. The van der Waals surface area contributed by atoms with Gasteiger partial charge < -0.3 is 10.5 Å². The van der Waals surface area contributed by atoms with Gasteiger partial charge in [0.1, 0.15) is 11.5 Å². The number of anilines is 1. The zero-order chi connectivity index (χ0) is 14.7. The molecule has 0 aromatic heterocycles. The van der Waals surface area contributed by atoms with Crippen LogP contribution in [-0.2, 0) is 0 Å². The van der Waals surface area contributed by atoms with Crippen LogP contribution in [0, 0.1) is 20.2 Å². The first-order valence-corrected chi connectivity index (χ1v) is 5.43. The maximum absolute atomic E-state index is 10.7. The molecule has 0 aliphatic heterocycles. The van der Waals surface area contributed by atoms with Gasteiger partial charge in [0.2, 0.25) is 0 Å². The van der Waals surface area contributed by atoms with E-state index in [1.54, 1.807) is 0 Å². The summed E-state index contributed by atoms with van der Waals surface area (Å²) in [4.78, 5) is 20.1. The summed E-state index contributed by atoms with van der Waals surface area (Å²) in [7, 11) is 0. The molecule has 0 saturated carbocycles. The van der Waals surface area contributed by atoms with Crippen LogP contribution in [0.4, 0.5) is 17.1 Å². The van der Waals surface area contributed by atoms with Gasteiger partial charge in [0.25, 0.3) is 11.4 Å². The predicted octanol–water partition coefficient (Wildman–Crippen LogP) is 2.88. The lowest BCUT2D eigenvalue weighted by molar-refractivity contribution is -0.385. The number of hydrogen-bond acceptors (Lipinski definition) is 6. The Bertz CT molecular complexity index is 669. The second-order valence-electron chi connectivity index (χ2n) is 3.87. The summed E-state index contributed by atoms with van der Waals surface area (Å²) in [5, 5.41) is 21.2. The van der Waals surface area contributed by atoms with Crippen LogP contribution in [0.1, 0.15) is 0 Å². The van der Waals surface area contributed by atoms with E-state index in [0.717, 1.165) is 0 Å². The molecule has 0 fully saturated rings. The molecule has 0 amide bonds. The second-order valence-corrected chi connectivity index (χ2v) is 3.87. The lowest BCUT2D eigenvalue weighted by atomic mass is 10.2. The lowest BCUT2D eigenvalue weighted by Crippen LogP contribution is -1.94. The number of benzene rings is 2. The van der Waals surface area contributed by atoms with Gasteiger partial charge >= 0.3 is 0 Å². The highest BCUT2D eigenvalue weighted by Crippen LogP contribution is 2.29. The fourth-order valence-corrected chi connectivity index (χ4v) is 1.54. The Morgan fingerprint density at radius 2 is 1.45 bits per heavy atom. The maximum Gasteiger partial charge on any atom is 0.275 e. The molecule has 2 aromatic carbocycles. The molecule has 2 aromatic rings. The molecule has 0 unspecified atom stereocenters. The first-order valence-electron chi connectivity index (χ1n) is 5.43.